The summed E-state index contributed by atoms with van der Waals surface area (Å²) in [7, 11) is -3.69. The number of piperazine rings is 1. The van der Waals surface area contributed by atoms with Crippen LogP contribution in [0.5, 0.6) is 0 Å². The molecule has 2 aliphatic rings. The molecule has 0 atom stereocenters. The van der Waals surface area contributed by atoms with Crippen molar-refractivity contribution >= 4 is 21.7 Å². The zero-order valence-electron chi connectivity index (χ0n) is 15.0. The minimum Gasteiger partial charge on any atom is -0.356 e. The van der Waals surface area contributed by atoms with Crippen molar-refractivity contribution in [2.75, 3.05) is 49.1 Å². The first kappa shape index (κ1) is 18.1. The lowest BCUT2D eigenvalue weighted by Crippen LogP contribution is -2.49. The molecule has 1 aromatic heterocycles. The fourth-order valence-electron chi connectivity index (χ4n) is 3.56. The third kappa shape index (κ3) is 3.74. The molecular weight excluding hydrogens is 369 g/mol. The molecule has 9 heteroatoms. The van der Waals surface area contributed by atoms with Gasteiger partial charge in [-0.25, -0.2) is 22.8 Å². The van der Waals surface area contributed by atoms with Gasteiger partial charge < -0.3 is 9.80 Å². The van der Waals surface area contributed by atoms with Crippen molar-refractivity contribution < 1.29 is 12.8 Å². The van der Waals surface area contributed by atoms with Crippen molar-refractivity contribution in [3.05, 3.63) is 42.5 Å². The lowest BCUT2D eigenvalue weighted by molar-refractivity contribution is 0.383. The standard InChI is InChI=1S/C18H22FN5O2S/c19-15-4-3-5-16(12-15)27(25,26)24-10-8-23(9-11-24)18-13-17(20-14-21-18)22-6-1-2-7-22/h3-5,12-14H,1-2,6-11H2. The Morgan fingerprint density at radius 2 is 1.48 bits per heavy atom. The van der Waals surface area contributed by atoms with Gasteiger partial charge in [0.15, 0.2) is 0 Å². The van der Waals surface area contributed by atoms with Gasteiger partial charge >= 0.3 is 0 Å². The summed E-state index contributed by atoms with van der Waals surface area (Å²) in [5.74, 6) is 1.19. The summed E-state index contributed by atoms with van der Waals surface area (Å²) in [6, 6.07) is 7.12. The van der Waals surface area contributed by atoms with Crippen LogP contribution in [0.4, 0.5) is 16.0 Å². The van der Waals surface area contributed by atoms with Crippen molar-refractivity contribution in [2.45, 2.75) is 17.7 Å². The second-order valence-electron chi connectivity index (χ2n) is 6.78. The Hall–Kier alpha value is -2.26. The molecule has 4 rings (SSSR count). The molecule has 2 saturated heterocycles. The molecule has 2 fully saturated rings. The molecular formula is C18H22FN5O2S. The average molecular weight is 391 g/mol. The Kier molecular flexibility index (Phi) is 4.96. The summed E-state index contributed by atoms with van der Waals surface area (Å²) in [4.78, 5) is 13.0. The number of benzene rings is 1. The van der Waals surface area contributed by atoms with Gasteiger partial charge in [0.25, 0.3) is 0 Å². The lowest BCUT2D eigenvalue weighted by Gasteiger charge is -2.34. The van der Waals surface area contributed by atoms with Crippen LogP contribution in [0.3, 0.4) is 0 Å². The normalized spacial score (nSPS) is 18.9. The molecule has 0 bridgehead atoms. The lowest BCUT2D eigenvalue weighted by atomic mass is 10.3. The van der Waals surface area contributed by atoms with Crippen LogP contribution in [0.15, 0.2) is 41.6 Å². The average Bonchev–Trinajstić information content (AvgIpc) is 3.23. The summed E-state index contributed by atoms with van der Waals surface area (Å²) in [6.45, 7) is 3.76. The van der Waals surface area contributed by atoms with E-state index in [0.717, 1.165) is 30.8 Å². The molecule has 144 valence electrons. The van der Waals surface area contributed by atoms with Gasteiger partial charge in [-0.15, -0.1) is 0 Å². The van der Waals surface area contributed by atoms with Gasteiger partial charge in [-0.3, -0.25) is 0 Å². The first-order valence-electron chi connectivity index (χ1n) is 9.12. The van der Waals surface area contributed by atoms with E-state index >= 15 is 0 Å². The van der Waals surface area contributed by atoms with Crippen molar-refractivity contribution in [1.29, 1.82) is 0 Å². The third-order valence-corrected chi connectivity index (χ3v) is 6.96. The minimum absolute atomic E-state index is 0.00527. The van der Waals surface area contributed by atoms with E-state index < -0.39 is 15.8 Å². The zero-order valence-corrected chi connectivity index (χ0v) is 15.8. The molecule has 0 aliphatic carbocycles. The Morgan fingerprint density at radius 1 is 0.852 bits per heavy atom. The summed E-state index contributed by atoms with van der Waals surface area (Å²) in [5.41, 5.74) is 0. The second kappa shape index (κ2) is 7.40. The molecule has 0 unspecified atom stereocenters. The van der Waals surface area contributed by atoms with Gasteiger partial charge in [0.1, 0.15) is 23.8 Å². The van der Waals surface area contributed by atoms with E-state index in [4.69, 9.17) is 0 Å². The number of hydrogen-bond donors (Lipinski definition) is 0. The molecule has 0 radical (unpaired) electrons. The molecule has 3 heterocycles. The van der Waals surface area contributed by atoms with Crippen LogP contribution in [-0.4, -0.2) is 62.0 Å². The number of halogens is 1. The highest BCUT2D eigenvalue weighted by molar-refractivity contribution is 7.89. The highest BCUT2D eigenvalue weighted by atomic mass is 32.2. The van der Waals surface area contributed by atoms with E-state index in [9.17, 15) is 12.8 Å². The second-order valence-corrected chi connectivity index (χ2v) is 8.72. The molecule has 2 aromatic rings. The summed E-state index contributed by atoms with van der Waals surface area (Å²) in [5, 5.41) is 0. The van der Waals surface area contributed by atoms with E-state index in [-0.39, 0.29) is 4.90 Å². The largest absolute Gasteiger partial charge is 0.356 e. The van der Waals surface area contributed by atoms with Crippen LogP contribution in [0, 0.1) is 5.82 Å². The van der Waals surface area contributed by atoms with Crippen LogP contribution >= 0.6 is 0 Å². The van der Waals surface area contributed by atoms with Gasteiger partial charge in [0, 0.05) is 45.3 Å². The van der Waals surface area contributed by atoms with Gasteiger partial charge in [0.2, 0.25) is 10.0 Å². The SMILES string of the molecule is O=S(=O)(c1cccc(F)c1)N1CCN(c2cc(N3CCCC3)ncn2)CC1. The molecule has 27 heavy (non-hydrogen) atoms. The van der Waals surface area contributed by atoms with Gasteiger partial charge in [-0.1, -0.05) is 6.07 Å². The molecule has 2 aliphatic heterocycles. The molecule has 0 amide bonds. The number of aromatic nitrogens is 2. The van der Waals surface area contributed by atoms with E-state index in [1.54, 1.807) is 6.33 Å². The predicted octanol–water partition coefficient (Wildman–Crippen LogP) is 1.73. The number of anilines is 2. The summed E-state index contributed by atoms with van der Waals surface area (Å²) < 4.78 is 40.2. The Labute approximate surface area is 158 Å². The maximum absolute atomic E-state index is 13.4. The summed E-state index contributed by atoms with van der Waals surface area (Å²) >= 11 is 0. The smallest absolute Gasteiger partial charge is 0.243 e. The van der Waals surface area contributed by atoms with Crippen LogP contribution in [0.1, 0.15) is 12.8 Å². The monoisotopic (exact) mass is 391 g/mol. The number of sulfonamides is 1. The highest BCUT2D eigenvalue weighted by Crippen LogP contribution is 2.24. The molecule has 7 nitrogen and oxygen atoms in total. The van der Waals surface area contributed by atoms with Crippen LogP contribution in [-0.2, 0) is 10.0 Å². The fourth-order valence-corrected chi connectivity index (χ4v) is 5.02. The first-order valence-corrected chi connectivity index (χ1v) is 10.6. The molecule has 1 aromatic carbocycles. The number of hydrogen-bond acceptors (Lipinski definition) is 6. The van der Waals surface area contributed by atoms with E-state index in [1.165, 1.54) is 35.3 Å². The van der Waals surface area contributed by atoms with Gasteiger partial charge in [0.05, 0.1) is 4.90 Å². The summed E-state index contributed by atoms with van der Waals surface area (Å²) in [6.07, 6.45) is 3.92. The first-order chi connectivity index (χ1) is 13.0. The van der Waals surface area contributed by atoms with Crippen LogP contribution in [0.2, 0.25) is 0 Å². The Morgan fingerprint density at radius 3 is 2.11 bits per heavy atom. The quantitative estimate of drug-likeness (QED) is 0.791. The molecule has 0 saturated carbocycles. The van der Waals surface area contributed by atoms with E-state index in [2.05, 4.69) is 19.8 Å². The van der Waals surface area contributed by atoms with Crippen molar-refractivity contribution in [3.8, 4) is 0 Å². The Bertz CT molecular complexity index is 909. The Balaban J connectivity index is 1.45. The van der Waals surface area contributed by atoms with Gasteiger partial charge in [-0.2, -0.15) is 4.31 Å². The minimum atomic E-state index is -3.69. The van der Waals surface area contributed by atoms with Crippen molar-refractivity contribution in [1.82, 2.24) is 14.3 Å². The van der Waals surface area contributed by atoms with Crippen LogP contribution in [0.25, 0.3) is 0 Å². The van der Waals surface area contributed by atoms with Crippen LogP contribution < -0.4 is 9.80 Å². The molecule has 0 N–H and O–H groups in total. The van der Waals surface area contributed by atoms with Crippen molar-refractivity contribution in [2.24, 2.45) is 0 Å². The molecule has 0 spiro atoms. The number of nitrogens with zero attached hydrogens (tertiary/aromatic N) is 5. The maximum Gasteiger partial charge on any atom is 0.243 e. The van der Waals surface area contributed by atoms with Gasteiger partial charge in [-0.05, 0) is 31.0 Å². The maximum atomic E-state index is 13.4. The van der Waals surface area contributed by atoms with Crippen molar-refractivity contribution in [3.63, 3.8) is 0 Å². The fraction of sp³-hybridized carbons (Fsp3) is 0.444. The van der Waals surface area contributed by atoms with E-state index in [1.807, 2.05) is 6.07 Å². The predicted molar refractivity (Wildman–Crippen MR) is 101 cm³/mol. The third-order valence-electron chi connectivity index (χ3n) is 5.06. The number of rotatable bonds is 4. The zero-order chi connectivity index (χ0) is 18.9. The highest BCUT2D eigenvalue weighted by Gasteiger charge is 2.29. The topological polar surface area (TPSA) is 69.6 Å². The van der Waals surface area contributed by atoms with E-state index in [0.29, 0.717) is 26.2 Å².